The Morgan fingerprint density at radius 2 is 1.38 bits per heavy atom. The van der Waals surface area contributed by atoms with Crippen LogP contribution in [0, 0.1) is 0 Å². The van der Waals surface area contributed by atoms with Crippen molar-refractivity contribution < 1.29 is 9.90 Å². The Hall–Kier alpha value is -0.830. The van der Waals surface area contributed by atoms with Gasteiger partial charge in [0.05, 0.1) is 0 Å². The summed E-state index contributed by atoms with van der Waals surface area (Å²) in [6.45, 7) is 6.04. The zero-order valence-electron chi connectivity index (χ0n) is 16.4. The predicted molar refractivity (Wildman–Crippen MR) is 105 cm³/mol. The summed E-state index contributed by atoms with van der Waals surface area (Å²) in [6, 6.07) is -0.162. The van der Waals surface area contributed by atoms with Crippen molar-refractivity contribution in [3.8, 4) is 0 Å². The lowest BCUT2D eigenvalue weighted by atomic mass is 10.1. The summed E-state index contributed by atoms with van der Waals surface area (Å²) in [5.41, 5.74) is 0. The number of carbonyl (C=O) groups is 1. The number of nitrogens with one attached hydrogen (secondary N) is 1. The maximum atomic E-state index is 10.8. The molecule has 0 aromatic heterocycles. The van der Waals surface area contributed by atoms with Crippen LogP contribution in [-0.2, 0) is 4.79 Å². The molecule has 0 saturated carbocycles. The predicted octanol–water partition coefficient (Wildman–Crippen LogP) is 6.09. The van der Waals surface area contributed by atoms with Crippen LogP contribution in [0.5, 0.6) is 0 Å². The Labute approximate surface area is 150 Å². The van der Waals surface area contributed by atoms with Crippen molar-refractivity contribution in [1.29, 1.82) is 0 Å². The second-order valence-corrected chi connectivity index (χ2v) is 7.15. The highest BCUT2D eigenvalue weighted by molar-refractivity contribution is 5.72. The minimum absolute atomic E-state index is 0.285. The van der Waals surface area contributed by atoms with Crippen molar-refractivity contribution >= 4 is 5.97 Å². The number of unbranched alkanes of at least 4 members (excludes halogenated alkanes) is 10. The fourth-order valence-corrected chi connectivity index (χ4v) is 2.93. The van der Waals surface area contributed by atoms with E-state index in [0.29, 0.717) is 0 Å². The number of carboxylic acids is 1. The maximum absolute atomic E-state index is 10.8. The van der Waals surface area contributed by atoms with Crippen molar-refractivity contribution in [2.24, 2.45) is 0 Å². The van der Waals surface area contributed by atoms with Gasteiger partial charge in [0.15, 0.2) is 0 Å². The third kappa shape index (κ3) is 16.0. The molecule has 0 spiro atoms. The molecule has 0 saturated heterocycles. The number of hydrogen-bond acceptors (Lipinski definition) is 2. The molecule has 1 unspecified atom stereocenters. The molecule has 0 fully saturated rings. The van der Waals surface area contributed by atoms with E-state index >= 15 is 0 Å². The summed E-state index contributed by atoms with van der Waals surface area (Å²) >= 11 is 0. The lowest BCUT2D eigenvalue weighted by Crippen LogP contribution is -2.39. The van der Waals surface area contributed by atoms with E-state index in [4.69, 9.17) is 5.11 Å². The van der Waals surface area contributed by atoms with Crippen molar-refractivity contribution in [3.05, 3.63) is 12.2 Å². The normalized spacial score (nSPS) is 14.1. The van der Waals surface area contributed by atoms with Crippen LogP contribution in [0.25, 0.3) is 0 Å². The summed E-state index contributed by atoms with van der Waals surface area (Å²) in [7, 11) is 0. The van der Waals surface area contributed by atoms with Gasteiger partial charge in [0.1, 0.15) is 6.04 Å². The summed E-state index contributed by atoms with van der Waals surface area (Å²) < 4.78 is 0. The topological polar surface area (TPSA) is 49.3 Å². The molecule has 0 heterocycles. The molecule has 3 nitrogen and oxygen atoms in total. The minimum atomic E-state index is -0.769. The number of aliphatic carboxylic acids is 1. The zero-order chi connectivity index (χ0) is 18.0. The first-order chi connectivity index (χ1) is 11.6. The molecule has 0 radical (unpaired) electrons. The first-order valence-corrected chi connectivity index (χ1v) is 10.2. The van der Waals surface area contributed by atoms with Gasteiger partial charge in [-0.2, -0.15) is 0 Å². The second kappa shape index (κ2) is 17.0. The Kier molecular flexibility index (Phi) is 16.4. The lowest BCUT2D eigenvalue weighted by Gasteiger charge is -2.16. The summed E-state index contributed by atoms with van der Waals surface area (Å²) in [6.07, 6.45) is 21.5. The minimum Gasteiger partial charge on any atom is -0.480 e. The monoisotopic (exact) mass is 339 g/mol. The van der Waals surface area contributed by atoms with Gasteiger partial charge < -0.3 is 10.4 Å². The molecule has 0 rings (SSSR count). The molecule has 0 amide bonds. The van der Waals surface area contributed by atoms with E-state index in [0.717, 1.165) is 6.42 Å². The van der Waals surface area contributed by atoms with Gasteiger partial charge in [0.25, 0.3) is 0 Å². The largest absolute Gasteiger partial charge is 0.480 e. The van der Waals surface area contributed by atoms with E-state index in [9.17, 15) is 4.79 Å². The van der Waals surface area contributed by atoms with Gasteiger partial charge in [0.2, 0.25) is 0 Å². The average Bonchev–Trinajstić information content (AvgIpc) is 2.55. The Morgan fingerprint density at radius 3 is 1.92 bits per heavy atom. The SMILES string of the molecule is CCCCCCCCC=CCCCCCCC(C)N[C@H](C)C(=O)O. The van der Waals surface area contributed by atoms with Crippen LogP contribution in [0.4, 0.5) is 0 Å². The smallest absolute Gasteiger partial charge is 0.320 e. The molecule has 2 atom stereocenters. The van der Waals surface area contributed by atoms with E-state index in [-0.39, 0.29) is 6.04 Å². The average molecular weight is 340 g/mol. The van der Waals surface area contributed by atoms with Crippen LogP contribution >= 0.6 is 0 Å². The molecule has 0 aliphatic rings. The van der Waals surface area contributed by atoms with Crippen molar-refractivity contribution in [2.75, 3.05) is 0 Å². The van der Waals surface area contributed by atoms with Gasteiger partial charge in [-0.25, -0.2) is 0 Å². The lowest BCUT2D eigenvalue weighted by molar-refractivity contribution is -0.139. The first-order valence-electron chi connectivity index (χ1n) is 10.2. The highest BCUT2D eigenvalue weighted by Crippen LogP contribution is 2.10. The van der Waals surface area contributed by atoms with E-state index in [2.05, 4.69) is 31.3 Å². The molecular formula is C21H41NO2. The van der Waals surface area contributed by atoms with Crippen LogP contribution in [0.3, 0.4) is 0 Å². The molecule has 0 aliphatic heterocycles. The first kappa shape index (κ1) is 23.2. The molecule has 2 N–H and O–H groups in total. The molecule has 0 aromatic carbocycles. The van der Waals surface area contributed by atoms with E-state index in [1.807, 2.05) is 0 Å². The summed E-state index contributed by atoms with van der Waals surface area (Å²) in [5.74, 6) is -0.769. The molecule has 142 valence electrons. The van der Waals surface area contributed by atoms with E-state index < -0.39 is 12.0 Å². The van der Waals surface area contributed by atoms with Gasteiger partial charge >= 0.3 is 5.97 Å². The van der Waals surface area contributed by atoms with Crippen LogP contribution in [-0.4, -0.2) is 23.2 Å². The standard InChI is InChI=1S/C21H41NO2/c1-4-5-6-7-8-9-10-11-12-13-14-15-16-17-18-19(2)22-20(3)21(23)24/h11-12,19-20,22H,4-10,13-18H2,1-3H3,(H,23,24)/t19?,20-/m1/s1. The van der Waals surface area contributed by atoms with Crippen LogP contribution in [0.15, 0.2) is 12.2 Å². The van der Waals surface area contributed by atoms with Gasteiger partial charge in [-0.15, -0.1) is 0 Å². The molecule has 24 heavy (non-hydrogen) atoms. The second-order valence-electron chi connectivity index (χ2n) is 7.15. The Bertz CT molecular complexity index is 315. The van der Waals surface area contributed by atoms with Crippen molar-refractivity contribution in [3.63, 3.8) is 0 Å². The van der Waals surface area contributed by atoms with Crippen LogP contribution < -0.4 is 5.32 Å². The fourth-order valence-electron chi connectivity index (χ4n) is 2.93. The summed E-state index contributed by atoms with van der Waals surface area (Å²) in [5, 5.41) is 12.0. The third-order valence-electron chi connectivity index (χ3n) is 4.55. The Balaban J connectivity index is 3.29. The quantitative estimate of drug-likeness (QED) is 0.249. The molecule has 3 heteroatoms. The molecule has 0 aromatic rings. The molecule has 0 aliphatic carbocycles. The van der Waals surface area contributed by atoms with Gasteiger partial charge in [-0.1, -0.05) is 70.4 Å². The van der Waals surface area contributed by atoms with E-state index in [1.165, 1.54) is 77.0 Å². The highest BCUT2D eigenvalue weighted by Gasteiger charge is 2.12. The van der Waals surface area contributed by atoms with Gasteiger partial charge in [-0.05, 0) is 46.0 Å². The number of carboxylic acid groups (broad SMARTS) is 1. The number of hydrogen-bond donors (Lipinski definition) is 2. The number of rotatable bonds is 17. The Morgan fingerprint density at radius 1 is 0.875 bits per heavy atom. The zero-order valence-corrected chi connectivity index (χ0v) is 16.4. The molecular weight excluding hydrogens is 298 g/mol. The molecule has 0 bridgehead atoms. The summed E-state index contributed by atoms with van der Waals surface area (Å²) in [4.78, 5) is 10.8. The van der Waals surface area contributed by atoms with Crippen LogP contribution in [0.2, 0.25) is 0 Å². The van der Waals surface area contributed by atoms with Crippen molar-refractivity contribution in [2.45, 2.75) is 116 Å². The third-order valence-corrected chi connectivity index (χ3v) is 4.55. The van der Waals surface area contributed by atoms with Crippen LogP contribution in [0.1, 0.15) is 104 Å². The van der Waals surface area contributed by atoms with Gasteiger partial charge in [-0.3, -0.25) is 4.79 Å². The fraction of sp³-hybridized carbons (Fsp3) is 0.857. The van der Waals surface area contributed by atoms with E-state index in [1.54, 1.807) is 6.92 Å². The number of allylic oxidation sites excluding steroid dienone is 2. The van der Waals surface area contributed by atoms with Gasteiger partial charge in [0, 0.05) is 6.04 Å². The maximum Gasteiger partial charge on any atom is 0.320 e. The van der Waals surface area contributed by atoms with Crippen molar-refractivity contribution in [1.82, 2.24) is 5.32 Å². The highest BCUT2D eigenvalue weighted by atomic mass is 16.4.